The van der Waals surface area contributed by atoms with Crippen LogP contribution in [0, 0.1) is 0 Å². The molecular weight excluding hydrogens is 430 g/mol. The second-order valence-corrected chi connectivity index (χ2v) is 14.4. The van der Waals surface area contributed by atoms with Gasteiger partial charge in [-0.05, 0) is 55.0 Å². The number of rotatable bonds is 6. The number of nitrogens with zero attached hydrogens (tertiary/aromatic N) is 1. The van der Waals surface area contributed by atoms with Crippen molar-refractivity contribution in [3.63, 3.8) is 0 Å². The highest BCUT2D eigenvalue weighted by Crippen LogP contribution is 2.33. The summed E-state index contributed by atoms with van der Waals surface area (Å²) in [4.78, 5) is 13.9. The number of carboxylic acid groups (broad SMARTS) is 1. The lowest BCUT2D eigenvalue weighted by atomic mass is 9.79. The van der Waals surface area contributed by atoms with E-state index in [1.807, 2.05) is 0 Å². The maximum Gasteiger partial charge on any atom is 0.317 e. The van der Waals surface area contributed by atoms with Crippen LogP contribution in [0.5, 0.6) is 0 Å². The van der Waals surface area contributed by atoms with E-state index in [1.54, 1.807) is 0 Å². The van der Waals surface area contributed by atoms with E-state index in [1.165, 1.54) is 33.4 Å². The summed E-state index contributed by atoms with van der Waals surface area (Å²) >= 11 is 0. The quantitative estimate of drug-likeness (QED) is 0.457. The average molecular weight is 480 g/mol. The van der Waals surface area contributed by atoms with Gasteiger partial charge in [0.25, 0.3) is 0 Å². The number of benzene rings is 2. The Bertz CT molecular complexity index is 895. The summed E-state index contributed by atoms with van der Waals surface area (Å²) in [7, 11) is 0. The van der Waals surface area contributed by atoms with E-state index >= 15 is 0 Å². The van der Waals surface area contributed by atoms with Crippen LogP contribution in [-0.2, 0) is 39.5 Å². The van der Waals surface area contributed by atoms with Crippen LogP contribution in [-0.4, -0.2) is 22.5 Å². The smallest absolute Gasteiger partial charge is 0.317 e. The van der Waals surface area contributed by atoms with Crippen LogP contribution in [0.15, 0.2) is 36.4 Å². The van der Waals surface area contributed by atoms with Gasteiger partial charge in [0, 0.05) is 13.1 Å². The number of carboxylic acids is 1. The molecule has 0 aliphatic heterocycles. The molecule has 0 unspecified atom stereocenters. The molecule has 0 bridgehead atoms. The predicted molar refractivity (Wildman–Crippen MR) is 149 cm³/mol. The molecule has 194 valence electrons. The summed E-state index contributed by atoms with van der Waals surface area (Å²) in [5.74, 6) is -0.795. The van der Waals surface area contributed by atoms with Gasteiger partial charge in [-0.15, -0.1) is 0 Å². The van der Waals surface area contributed by atoms with Gasteiger partial charge >= 0.3 is 5.97 Å². The van der Waals surface area contributed by atoms with Crippen molar-refractivity contribution in [1.82, 2.24) is 4.90 Å². The zero-order valence-electron chi connectivity index (χ0n) is 24.4. The standard InChI is InChI=1S/C32H49NO2/c1-29(2,3)24-13-22(14-25(17-24)30(4,5)6)19-33(21-28(34)35)20-23-15-26(31(7,8)9)18-27(16-23)32(10,11)12/h13-18H,19-21H2,1-12H3,(H,34,35). The summed E-state index contributed by atoms with van der Waals surface area (Å²) in [5, 5.41) is 9.73. The summed E-state index contributed by atoms with van der Waals surface area (Å²) in [6, 6.07) is 13.7. The summed E-state index contributed by atoms with van der Waals surface area (Å²) < 4.78 is 0. The van der Waals surface area contributed by atoms with Crippen molar-refractivity contribution in [2.24, 2.45) is 0 Å². The molecular formula is C32H49NO2. The minimum Gasteiger partial charge on any atom is -0.480 e. The van der Waals surface area contributed by atoms with Crippen LogP contribution in [0.4, 0.5) is 0 Å². The van der Waals surface area contributed by atoms with Crippen LogP contribution >= 0.6 is 0 Å². The number of hydrogen-bond acceptors (Lipinski definition) is 2. The van der Waals surface area contributed by atoms with E-state index in [0.29, 0.717) is 13.1 Å². The van der Waals surface area contributed by atoms with E-state index < -0.39 is 5.97 Å². The minimum absolute atomic E-state index is 0.00912. The fraction of sp³-hybridized carbons (Fsp3) is 0.594. The van der Waals surface area contributed by atoms with Crippen molar-refractivity contribution in [3.8, 4) is 0 Å². The molecule has 0 heterocycles. The Balaban J connectivity index is 2.53. The lowest BCUT2D eigenvalue weighted by Crippen LogP contribution is -2.30. The zero-order chi connectivity index (χ0) is 27.0. The van der Waals surface area contributed by atoms with E-state index in [4.69, 9.17) is 0 Å². The Kier molecular flexibility index (Phi) is 8.39. The van der Waals surface area contributed by atoms with E-state index in [-0.39, 0.29) is 28.2 Å². The van der Waals surface area contributed by atoms with Crippen molar-refractivity contribution >= 4 is 5.97 Å². The Morgan fingerprint density at radius 2 is 0.829 bits per heavy atom. The van der Waals surface area contributed by atoms with Crippen LogP contribution in [0.25, 0.3) is 0 Å². The first-order valence-corrected chi connectivity index (χ1v) is 12.9. The van der Waals surface area contributed by atoms with Gasteiger partial charge in [-0.1, -0.05) is 119 Å². The molecule has 0 aliphatic rings. The Labute approximate surface area is 215 Å². The van der Waals surface area contributed by atoms with Gasteiger partial charge in [-0.3, -0.25) is 9.69 Å². The van der Waals surface area contributed by atoms with Crippen molar-refractivity contribution in [2.75, 3.05) is 6.54 Å². The minimum atomic E-state index is -0.795. The topological polar surface area (TPSA) is 40.5 Å². The normalized spacial score (nSPS) is 13.4. The van der Waals surface area contributed by atoms with Crippen molar-refractivity contribution in [1.29, 1.82) is 0 Å². The third kappa shape index (κ3) is 8.49. The molecule has 0 spiro atoms. The molecule has 3 nitrogen and oxygen atoms in total. The van der Waals surface area contributed by atoms with Gasteiger partial charge < -0.3 is 5.11 Å². The van der Waals surface area contributed by atoms with E-state index in [2.05, 4.69) is 124 Å². The molecule has 35 heavy (non-hydrogen) atoms. The lowest BCUT2D eigenvalue weighted by Gasteiger charge is -2.29. The van der Waals surface area contributed by atoms with Crippen molar-refractivity contribution in [2.45, 2.75) is 118 Å². The van der Waals surface area contributed by atoms with Gasteiger partial charge in [0.15, 0.2) is 0 Å². The molecule has 0 aliphatic carbocycles. The highest BCUT2D eigenvalue weighted by atomic mass is 16.4. The van der Waals surface area contributed by atoms with Crippen molar-refractivity contribution in [3.05, 3.63) is 69.8 Å². The highest BCUT2D eigenvalue weighted by molar-refractivity contribution is 5.69. The number of aliphatic carboxylic acids is 1. The Hall–Kier alpha value is -2.13. The van der Waals surface area contributed by atoms with Gasteiger partial charge in [0.2, 0.25) is 0 Å². The first kappa shape index (κ1) is 29.1. The third-order valence-corrected chi connectivity index (χ3v) is 6.62. The first-order chi connectivity index (χ1) is 15.7. The molecule has 0 saturated carbocycles. The molecule has 0 amide bonds. The van der Waals surface area contributed by atoms with Gasteiger partial charge in [-0.25, -0.2) is 0 Å². The molecule has 2 aromatic carbocycles. The zero-order valence-corrected chi connectivity index (χ0v) is 24.4. The Morgan fingerprint density at radius 1 is 0.571 bits per heavy atom. The molecule has 0 aromatic heterocycles. The van der Waals surface area contributed by atoms with Crippen LogP contribution in [0.3, 0.4) is 0 Å². The second-order valence-electron chi connectivity index (χ2n) is 14.4. The monoisotopic (exact) mass is 479 g/mol. The van der Waals surface area contributed by atoms with Crippen LogP contribution < -0.4 is 0 Å². The number of hydrogen-bond donors (Lipinski definition) is 1. The molecule has 0 fully saturated rings. The maximum atomic E-state index is 11.9. The molecule has 0 radical (unpaired) electrons. The van der Waals surface area contributed by atoms with Crippen LogP contribution in [0.1, 0.15) is 116 Å². The molecule has 2 aromatic rings. The molecule has 2 rings (SSSR count). The van der Waals surface area contributed by atoms with Crippen LogP contribution in [0.2, 0.25) is 0 Å². The molecule has 0 saturated heterocycles. The second kappa shape index (κ2) is 10.1. The fourth-order valence-corrected chi connectivity index (χ4v) is 4.17. The summed E-state index contributed by atoms with van der Waals surface area (Å²) in [6.45, 7) is 28.0. The molecule has 0 atom stereocenters. The summed E-state index contributed by atoms with van der Waals surface area (Å²) in [5.41, 5.74) is 7.61. The largest absolute Gasteiger partial charge is 0.480 e. The van der Waals surface area contributed by atoms with E-state index in [0.717, 1.165) is 0 Å². The summed E-state index contributed by atoms with van der Waals surface area (Å²) in [6.07, 6.45) is 0. The maximum absolute atomic E-state index is 11.9. The average Bonchev–Trinajstić information content (AvgIpc) is 2.64. The van der Waals surface area contributed by atoms with Crippen molar-refractivity contribution < 1.29 is 9.90 Å². The number of carbonyl (C=O) groups is 1. The van der Waals surface area contributed by atoms with Gasteiger partial charge in [-0.2, -0.15) is 0 Å². The molecule has 3 heteroatoms. The first-order valence-electron chi connectivity index (χ1n) is 12.9. The fourth-order valence-electron chi connectivity index (χ4n) is 4.17. The predicted octanol–water partition coefficient (Wildman–Crippen LogP) is 7.96. The molecule has 1 N–H and O–H groups in total. The SMILES string of the molecule is CC(C)(C)c1cc(CN(CC(=O)O)Cc2cc(C(C)(C)C)cc(C(C)(C)C)c2)cc(C(C)(C)C)c1. The lowest BCUT2D eigenvalue weighted by molar-refractivity contribution is -0.138. The third-order valence-electron chi connectivity index (χ3n) is 6.62. The van der Waals surface area contributed by atoms with Gasteiger partial charge in [0.1, 0.15) is 0 Å². The van der Waals surface area contributed by atoms with E-state index in [9.17, 15) is 9.90 Å². The van der Waals surface area contributed by atoms with Gasteiger partial charge in [0.05, 0.1) is 6.54 Å². The highest BCUT2D eigenvalue weighted by Gasteiger charge is 2.24. The Morgan fingerprint density at radius 3 is 1.03 bits per heavy atom.